The number of anilines is 1. The summed E-state index contributed by atoms with van der Waals surface area (Å²) in [5, 5.41) is 0. The van der Waals surface area contributed by atoms with Crippen LogP contribution in [0.25, 0.3) is 0 Å². The van der Waals surface area contributed by atoms with Gasteiger partial charge in [0.05, 0.1) is 17.7 Å². The van der Waals surface area contributed by atoms with Gasteiger partial charge in [0.15, 0.2) is 6.10 Å². The van der Waals surface area contributed by atoms with Gasteiger partial charge in [-0.1, -0.05) is 42.0 Å². The highest BCUT2D eigenvalue weighted by Crippen LogP contribution is 2.26. The molecule has 0 aliphatic heterocycles. The number of sulfonamides is 1. The molecule has 3 aromatic rings. The third kappa shape index (κ3) is 4.63. The molecular formula is C23H23NO5S. The van der Waals surface area contributed by atoms with Crippen molar-refractivity contribution in [2.45, 2.75) is 24.8 Å². The van der Waals surface area contributed by atoms with E-state index in [4.69, 9.17) is 9.47 Å². The molecular weight excluding hydrogens is 402 g/mol. The minimum absolute atomic E-state index is 0.0267. The zero-order valence-corrected chi connectivity index (χ0v) is 17.8. The van der Waals surface area contributed by atoms with Crippen molar-refractivity contribution in [2.24, 2.45) is 0 Å². The SMILES string of the molecule is COc1cccc(OC(C)C(=O)N(c2ccccc2)S(=O)(=O)c2ccc(C)cc2)c1. The first kappa shape index (κ1) is 21.4. The Morgan fingerprint density at radius 3 is 2.17 bits per heavy atom. The molecule has 0 saturated carbocycles. The lowest BCUT2D eigenvalue weighted by Crippen LogP contribution is -2.44. The van der Waals surface area contributed by atoms with Gasteiger partial charge in [-0.25, -0.2) is 8.42 Å². The summed E-state index contributed by atoms with van der Waals surface area (Å²) < 4.78 is 38.4. The predicted octanol–water partition coefficient (Wildman–Crippen LogP) is 4.19. The van der Waals surface area contributed by atoms with Crippen molar-refractivity contribution in [3.05, 3.63) is 84.4 Å². The van der Waals surface area contributed by atoms with Crippen molar-refractivity contribution in [3.8, 4) is 11.5 Å². The molecule has 1 atom stereocenters. The van der Waals surface area contributed by atoms with Gasteiger partial charge in [0.2, 0.25) is 0 Å². The molecule has 3 aromatic carbocycles. The zero-order chi connectivity index (χ0) is 21.7. The molecule has 0 aromatic heterocycles. The van der Waals surface area contributed by atoms with Crippen LogP contribution in [0.3, 0.4) is 0 Å². The summed E-state index contributed by atoms with van der Waals surface area (Å²) >= 11 is 0. The smallest absolute Gasteiger partial charge is 0.281 e. The maximum Gasteiger partial charge on any atom is 0.281 e. The van der Waals surface area contributed by atoms with Gasteiger partial charge in [0.1, 0.15) is 11.5 Å². The van der Waals surface area contributed by atoms with E-state index in [9.17, 15) is 13.2 Å². The summed E-state index contributed by atoms with van der Waals surface area (Å²) in [6.45, 7) is 3.38. The van der Waals surface area contributed by atoms with E-state index in [-0.39, 0.29) is 10.6 Å². The molecule has 0 aliphatic carbocycles. The fourth-order valence-corrected chi connectivity index (χ4v) is 4.33. The topological polar surface area (TPSA) is 72.9 Å². The Balaban J connectivity index is 1.97. The van der Waals surface area contributed by atoms with Crippen LogP contribution in [0.4, 0.5) is 5.69 Å². The summed E-state index contributed by atoms with van der Waals surface area (Å²) in [4.78, 5) is 13.3. The summed E-state index contributed by atoms with van der Waals surface area (Å²) in [5.41, 5.74) is 1.16. The second-order valence-corrected chi connectivity index (χ2v) is 8.48. The molecule has 156 valence electrons. The molecule has 30 heavy (non-hydrogen) atoms. The third-order valence-corrected chi connectivity index (χ3v) is 6.19. The number of amides is 1. The van der Waals surface area contributed by atoms with E-state index in [1.165, 1.54) is 26.2 Å². The number of ether oxygens (including phenoxy) is 2. The summed E-state index contributed by atoms with van der Waals surface area (Å²) in [6, 6.07) is 21.4. The molecule has 1 amide bonds. The highest BCUT2D eigenvalue weighted by atomic mass is 32.2. The molecule has 0 aliphatic rings. The van der Waals surface area contributed by atoms with Crippen LogP contribution in [0.15, 0.2) is 83.8 Å². The Labute approximate surface area is 176 Å². The van der Waals surface area contributed by atoms with Gasteiger partial charge in [0, 0.05) is 6.07 Å². The molecule has 0 bridgehead atoms. The first-order valence-corrected chi connectivity index (χ1v) is 10.8. The molecule has 0 fully saturated rings. The van der Waals surface area contributed by atoms with Crippen LogP contribution < -0.4 is 13.8 Å². The zero-order valence-electron chi connectivity index (χ0n) is 17.0. The van der Waals surface area contributed by atoms with E-state index in [0.717, 1.165) is 9.87 Å². The van der Waals surface area contributed by atoms with Gasteiger partial charge in [-0.3, -0.25) is 4.79 Å². The van der Waals surface area contributed by atoms with Crippen molar-refractivity contribution < 1.29 is 22.7 Å². The Morgan fingerprint density at radius 2 is 1.53 bits per heavy atom. The number of nitrogens with zero attached hydrogens (tertiary/aromatic N) is 1. The first-order valence-electron chi connectivity index (χ1n) is 9.34. The minimum Gasteiger partial charge on any atom is -0.497 e. The summed E-state index contributed by atoms with van der Waals surface area (Å²) in [5.74, 6) is 0.264. The van der Waals surface area contributed by atoms with Crippen LogP contribution in [0.2, 0.25) is 0 Å². The Hall–Kier alpha value is -3.32. The molecule has 0 spiro atoms. The fourth-order valence-electron chi connectivity index (χ4n) is 2.86. The van der Waals surface area contributed by atoms with Crippen molar-refractivity contribution >= 4 is 21.6 Å². The number of methoxy groups -OCH3 is 1. The standard InChI is InChI=1S/C23H23NO5S/c1-17-12-14-22(15-13-17)30(26,27)24(19-8-5-4-6-9-19)23(25)18(2)29-21-11-7-10-20(16-21)28-3/h4-16,18H,1-3H3. The lowest BCUT2D eigenvalue weighted by atomic mass is 10.2. The van der Waals surface area contributed by atoms with Gasteiger partial charge in [-0.05, 0) is 50.2 Å². The quantitative estimate of drug-likeness (QED) is 0.567. The number of carbonyl (C=O) groups is 1. The lowest BCUT2D eigenvalue weighted by Gasteiger charge is -2.26. The Bertz CT molecular complexity index is 1110. The van der Waals surface area contributed by atoms with Crippen molar-refractivity contribution in [1.29, 1.82) is 0 Å². The van der Waals surface area contributed by atoms with Crippen LogP contribution in [0.1, 0.15) is 12.5 Å². The monoisotopic (exact) mass is 425 g/mol. The van der Waals surface area contributed by atoms with E-state index in [0.29, 0.717) is 11.5 Å². The normalized spacial score (nSPS) is 12.1. The summed E-state index contributed by atoms with van der Waals surface area (Å²) in [7, 11) is -2.61. The van der Waals surface area contributed by atoms with Crippen molar-refractivity contribution in [2.75, 3.05) is 11.4 Å². The highest BCUT2D eigenvalue weighted by Gasteiger charge is 2.34. The van der Waals surface area contributed by atoms with Gasteiger partial charge in [-0.15, -0.1) is 0 Å². The number of rotatable bonds is 7. The molecule has 0 radical (unpaired) electrons. The maximum absolute atomic E-state index is 13.4. The molecule has 0 heterocycles. The van der Waals surface area contributed by atoms with Gasteiger partial charge in [0.25, 0.3) is 15.9 Å². The van der Waals surface area contributed by atoms with Crippen LogP contribution >= 0.6 is 0 Å². The van der Waals surface area contributed by atoms with Crippen LogP contribution in [0, 0.1) is 6.92 Å². The predicted molar refractivity (Wildman–Crippen MR) is 115 cm³/mol. The average Bonchev–Trinajstić information content (AvgIpc) is 2.75. The number of hydrogen-bond donors (Lipinski definition) is 0. The molecule has 6 nitrogen and oxygen atoms in total. The fraction of sp³-hybridized carbons (Fsp3) is 0.174. The number of aryl methyl sites for hydroxylation is 1. The van der Waals surface area contributed by atoms with E-state index in [1.807, 2.05) is 6.92 Å². The second-order valence-electron chi connectivity index (χ2n) is 6.70. The highest BCUT2D eigenvalue weighted by molar-refractivity contribution is 7.93. The number of para-hydroxylation sites is 1. The molecule has 3 rings (SSSR count). The molecule has 0 saturated heterocycles. The lowest BCUT2D eigenvalue weighted by molar-refractivity contribution is -0.123. The largest absolute Gasteiger partial charge is 0.497 e. The average molecular weight is 426 g/mol. The third-order valence-electron chi connectivity index (χ3n) is 4.45. The van der Waals surface area contributed by atoms with Gasteiger partial charge in [-0.2, -0.15) is 4.31 Å². The van der Waals surface area contributed by atoms with E-state index >= 15 is 0 Å². The number of hydrogen-bond acceptors (Lipinski definition) is 5. The Kier molecular flexibility index (Phi) is 6.42. The minimum atomic E-state index is -4.14. The van der Waals surface area contributed by atoms with Crippen LogP contribution in [0.5, 0.6) is 11.5 Å². The van der Waals surface area contributed by atoms with Crippen LogP contribution in [-0.2, 0) is 14.8 Å². The van der Waals surface area contributed by atoms with E-state index < -0.39 is 22.0 Å². The van der Waals surface area contributed by atoms with Crippen LogP contribution in [-0.4, -0.2) is 27.5 Å². The summed E-state index contributed by atoms with van der Waals surface area (Å²) in [6.07, 6.45) is -1.06. The van der Waals surface area contributed by atoms with Crippen molar-refractivity contribution in [1.82, 2.24) is 0 Å². The Morgan fingerprint density at radius 1 is 0.900 bits per heavy atom. The van der Waals surface area contributed by atoms with Gasteiger partial charge < -0.3 is 9.47 Å². The van der Waals surface area contributed by atoms with Crippen molar-refractivity contribution in [3.63, 3.8) is 0 Å². The number of carbonyl (C=O) groups excluding carboxylic acids is 1. The van der Waals surface area contributed by atoms with Gasteiger partial charge >= 0.3 is 0 Å². The van der Waals surface area contributed by atoms with E-state index in [2.05, 4.69) is 0 Å². The first-order chi connectivity index (χ1) is 14.3. The van der Waals surface area contributed by atoms with E-state index in [1.54, 1.807) is 66.7 Å². The molecule has 0 N–H and O–H groups in total. The number of benzene rings is 3. The molecule has 7 heteroatoms. The maximum atomic E-state index is 13.4. The molecule has 1 unspecified atom stereocenters. The second kappa shape index (κ2) is 9.00.